The number of ether oxygens (including phenoxy) is 1. The highest BCUT2D eigenvalue weighted by molar-refractivity contribution is 5.89. The van der Waals surface area contributed by atoms with Crippen LogP contribution in [0.1, 0.15) is 30.6 Å². The summed E-state index contributed by atoms with van der Waals surface area (Å²) >= 11 is 0. The third-order valence-corrected chi connectivity index (χ3v) is 6.21. The summed E-state index contributed by atoms with van der Waals surface area (Å²) in [5.74, 6) is -2.05. The second-order valence-corrected chi connectivity index (χ2v) is 9.24. The number of aryl methyl sites for hydroxylation is 1. The number of hydrogen-bond donors (Lipinski definition) is 7. The van der Waals surface area contributed by atoms with E-state index in [0.717, 1.165) is 5.56 Å². The van der Waals surface area contributed by atoms with E-state index < -0.39 is 36.5 Å². The number of aromatic nitrogens is 8. The third-order valence-electron chi connectivity index (χ3n) is 6.21. The van der Waals surface area contributed by atoms with Gasteiger partial charge >= 0.3 is 11.9 Å². The number of carboxylic acids is 2. The summed E-state index contributed by atoms with van der Waals surface area (Å²) < 4.78 is 7.40. The number of nitrogen functional groups attached to an aromatic ring is 1. The predicted octanol–water partition coefficient (Wildman–Crippen LogP) is -0.866. The lowest BCUT2D eigenvalue weighted by Crippen LogP contribution is -2.29. The first-order valence-corrected chi connectivity index (χ1v) is 13.0. The molecule has 4 heterocycles. The smallest absolute Gasteiger partial charge is 0.328 e. The van der Waals surface area contributed by atoms with Gasteiger partial charge in [0.25, 0.3) is 0 Å². The molecule has 0 aliphatic carbocycles. The highest BCUT2D eigenvalue weighted by Crippen LogP contribution is 2.38. The van der Waals surface area contributed by atoms with E-state index in [2.05, 4.69) is 35.7 Å². The molecule has 0 unspecified atom stereocenters. The van der Waals surface area contributed by atoms with Gasteiger partial charge in [-0.1, -0.05) is 30.3 Å². The fourth-order valence-corrected chi connectivity index (χ4v) is 4.18. The van der Waals surface area contributed by atoms with Crippen LogP contribution in [0.4, 0.5) is 11.8 Å². The summed E-state index contributed by atoms with van der Waals surface area (Å²) in [6.45, 7) is 2.20. The first-order valence-electron chi connectivity index (χ1n) is 13.0. The lowest BCUT2D eigenvalue weighted by Gasteiger charge is -2.18. The molecule has 1 aliphatic rings. The van der Waals surface area contributed by atoms with E-state index in [1.165, 1.54) is 15.7 Å². The fraction of sp³-hybridized carbons (Fsp3) is 0.360. The molecule has 1 aliphatic heterocycles. The van der Waals surface area contributed by atoms with Crippen molar-refractivity contribution in [3.05, 3.63) is 60.2 Å². The maximum absolute atomic E-state index is 10.7. The third kappa shape index (κ3) is 7.43. The Bertz CT molecular complexity index is 1560. The maximum Gasteiger partial charge on any atom is 0.328 e. The SMILES string of the molecule is CCn1nnc([C@H]2O[C@@H](n3cnc4c(N)nc(N[C@H](CO)Cc5ccccc5)nc43)[C@H](O)[C@@H]2O)n1.O=C(O)C=CC(=O)O. The largest absolute Gasteiger partial charge is 0.478 e. The molecule has 0 bridgehead atoms. The van der Waals surface area contributed by atoms with Gasteiger partial charge in [0, 0.05) is 12.2 Å². The molecule has 0 radical (unpaired) electrons. The van der Waals surface area contributed by atoms with Gasteiger partial charge in [0.15, 0.2) is 23.8 Å². The average Bonchev–Trinajstić information content (AvgIpc) is 3.71. The second kappa shape index (κ2) is 13.7. The number of anilines is 2. The first kappa shape index (κ1) is 30.9. The number of nitrogens with zero attached hydrogens (tertiary/aromatic N) is 8. The minimum Gasteiger partial charge on any atom is -0.478 e. The van der Waals surface area contributed by atoms with E-state index in [-0.39, 0.29) is 30.2 Å². The van der Waals surface area contributed by atoms with Gasteiger partial charge in [0.1, 0.15) is 17.7 Å². The van der Waals surface area contributed by atoms with Crippen LogP contribution in [-0.4, -0.2) is 102 Å². The molecule has 18 nitrogen and oxygen atoms in total. The molecule has 0 amide bonds. The van der Waals surface area contributed by atoms with Crippen molar-refractivity contribution < 1.29 is 39.9 Å². The standard InChI is InChI=1S/C21H26N10O4.C4H4O4/c1-2-31-28-18(27-29-31)16-14(33)15(34)20(35-16)30-10-23-13-17(22)25-21(26-19(13)30)24-12(9-32)8-11-6-4-3-5-7-11;5-3(6)1-2-4(7)8/h3-7,10,12,14-16,20,32-34H,2,8-9H2,1H3,(H3,22,24,25,26);1-2H,(H,5,6)(H,7,8)/t12-,14-,15+,16-,20+;/m0./s1. The number of rotatable bonds is 10. The van der Waals surface area contributed by atoms with E-state index in [1.807, 2.05) is 37.3 Å². The van der Waals surface area contributed by atoms with Crippen LogP contribution in [0.15, 0.2) is 48.8 Å². The first-order chi connectivity index (χ1) is 20.6. The molecule has 0 saturated carbocycles. The molecular weight excluding hydrogens is 568 g/mol. The Hall–Kier alpha value is -5.04. The molecule has 0 spiro atoms. The topological polar surface area (TPSA) is 270 Å². The average molecular weight is 599 g/mol. The number of imidazole rings is 1. The van der Waals surface area contributed by atoms with Crippen LogP contribution in [-0.2, 0) is 27.3 Å². The normalized spacial score (nSPS) is 20.6. The number of fused-ring (bicyclic) bond motifs is 1. The van der Waals surface area contributed by atoms with Crippen molar-refractivity contribution in [1.29, 1.82) is 0 Å². The Balaban J connectivity index is 0.000000467. The van der Waals surface area contributed by atoms with Crippen LogP contribution in [0.5, 0.6) is 0 Å². The van der Waals surface area contributed by atoms with Gasteiger partial charge in [-0.2, -0.15) is 14.8 Å². The Morgan fingerprint density at radius 3 is 2.42 bits per heavy atom. The Labute approximate surface area is 243 Å². The summed E-state index contributed by atoms with van der Waals surface area (Å²) in [7, 11) is 0. The van der Waals surface area contributed by atoms with E-state index in [1.54, 1.807) is 0 Å². The number of carboxylic acid groups (broad SMARTS) is 2. The van der Waals surface area contributed by atoms with Gasteiger partial charge in [-0.05, 0) is 24.1 Å². The van der Waals surface area contributed by atoms with Crippen LogP contribution in [0.3, 0.4) is 0 Å². The molecule has 1 aromatic carbocycles. The molecule has 8 N–H and O–H groups in total. The lowest BCUT2D eigenvalue weighted by molar-refractivity contribution is -0.134. The molecule has 43 heavy (non-hydrogen) atoms. The zero-order valence-corrected chi connectivity index (χ0v) is 22.7. The van der Waals surface area contributed by atoms with Crippen LogP contribution in [0.25, 0.3) is 11.2 Å². The summed E-state index contributed by atoms with van der Waals surface area (Å²) in [4.78, 5) is 33.5. The monoisotopic (exact) mass is 598 g/mol. The fourth-order valence-electron chi connectivity index (χ4n) is 4.18. The van der Waals surface area contributed by atoms with Crippen LogP contribution in [0.2, 0.25) is 0 Å². The van der Waals surface area contributed by atoms with Crippen LogP contribution in [0, 0.1) is 0 Å². The van der Waals surface area contributed by atoms with Gasteiger partial charge in [-0.15, -0.1) is 10.2 Å². The Kier molecular flexibility index (Phi) is 9.88. The van der Waals surface area contributed by atoms with Gasteiger partial charge in [-0.25, -0.2) is 14.6 Å². The van der Waals surface area contributed by atoms with Gasteiger partial charge in [0.2, 0.25) is 11.8 Å². The number of hydrogen-bond acceptors (Lipinski definition) is 14. The van der Waals surface area contributed by atoms with Crippen LogP contribution >= 0.6 is 0 Å². The number of aliphatic hydroxyl groups is 3. The molecular formula is C25H30N10O8. The maximum atomic E-state index is 10.7. The van der Waals surface area contributed by atoms with Crippen molar-refractivity contribution in [2.24, 2.45) is 0 Å². The van der Waals surface area contributed by atoms with Crippen molar-refractivity contribution >= 4 is 34.9 Å². The number of tetrazole rings is 1. The van der Waals surface area contributed by atoms with Crippen molar-refractivity contribution in [2.45, 2.75) is 50.5 Å². The Morgan fingerprint density at radius 1 is 1.12 bits per heavy atom. The van der Waals surface area contributed by atoms with E-state index in [9.17, 15) is 24.9 Å². The van der Waals surface area contributed by atoms with Gasteiger partial charge in [-0.3, -0.25) is 4.57 Å². The summed E-state index contributed by atoms with van der Waals surface area (Å²) in [6.07, 6.45) is -1.57. The molecule has 5 atom stereocenters. The molecule has 4 aromatic rings. The zero-order valence-electron chi connectivity index (χ0n) is 22.7. The lowest BCUT2D eigenvalue weighted by atomic mass is 10.1. The Morgan fingerprint density at radius 2 is 1.81 bits per heavy atom. The van der Waals surface area contributed by atoms with E-state index in [4.69, 9.17) is 20.7 Å². The summed E-state index contributed by atoms with van der Waals surface area (Å²) in [5.41, 5.74) is 7.76. The molecule has 1 fully saturated rings. The van der Waals surface area contributed by atoms with Crippen LogP contribution < -0.4 is 11.1 Å². The zero-order chi connectivity index (χ0) is 31.1. The highest BCUT2D eigenvalue weighted by Gasteiger charge is 2.47. The molecule has 1 saturated heterocycles. The van der Waals surface area contributed by atoms with E-state index in [0.29, 0.717) is 36.3 Å². The predicted molar refractivity (Wildman–Crippen MR) is 147 cm³/mol. The summed E-state index contributed by atoms with van der Waals surface area (Å²) in [6, 6.07) is 9.34. The van der Waals surface area contributed by atoms with Gasteiger partial charge in [0.05, 0.1) is 25.5 Å². The molecule has 228 valence electrons. The molecule has 18 heteroatoms. The number of carbonyl (C=O) groups is 2. The number of nitrogens with one attached hydrogen (secondary N) is 1. The van der Waals surface area contributed by atoms with Crippen molar-refractivity contribution in [3.63, 3.8) is 0 Å². The number of benzene rings is 1. The van der Waals surface area contributed by atoms with Crippen molar-refractivity contribution in [1.82, 2.24) is 39.7 Å². The second-order valence-electron chi connectivity index (χ2n) is 9.24. The number of nitrogens with two attached hydrogens (primary N) is 1. The molecule has 5 rings (SSSR count). The number of aliphatic hydroxyl groups excluding tert-OH is 3. The van der Waals surface area contributed by atoms with E-state index >= 15 is 0 Å². The highest BCUT2D eigenvalue weighted by atomic mass is 16.6. The van der Waals surface area contributed by atoms with Crippen molar-refractivity contribution in [3.8, 4) is 0 Å². The van der Waals surface area contributed by atoms with Crippen molar-refractivity contribution in [2.75, 3.05) is 17.7 Å². The van der Waals surface area contributed by atoms with Gasteiger partial charge < -0.3 is 41.3 Å². The number of aliphatic carboxylic acids is 2. The minimum atomic E-state index is -1.32. The quantitative estimate of drug-likeness (QED) is 0.109. The molecule has 3 aromatic heterocycles. The summed E-state index contributed by atoms with van der Waals surface area (Å²) in [5, 5.41) is 61.9. The minimum absolute atomic E-state index is 0.116.